The monoisotopic (exact) mass is 875 g/mol. The van der Waals surface area contributed by atoms with E-state index in [-0.39, 0.29) is 0 Å². The second-order valence-corrected chi connectivity index (χ2v) is 20.0. The lowest BCUT2D eigenvalue weighted by Crippen LogP contribution is -2.32. The lowest BCUT2D eigenvalue weighted by Gasteiger charge is -2.40. The Morgan fingerprint density at radius 3 is 1.21 bits per heavy atom. The van der Waals surface area contributed by atoms with Crippen LogP contribution in [-0.2, 0) is 10.8 Å². The number of nitrogens with zero attached hydrogens (tertiary/aromatic N) is 1. The fraction of sp³-hybridized carbons (Fsp3) is 0.0323. The highest BCUT2D eigenvalue weighted by Crippen LogP contribution is 2.65. The molecular weight excluding hydrogens is 839 g/mol. The van der Waals surface area contributed by atoms with Crippen LogP contribution in [0.25, 0.3) is 44.2 Å². The number of furan rings is 1. The van der Waals surface area contributed by atoms with Crippen molar-refractivity contribution in [2.75, 3.05) is 4.90 Å². The van der Waals surface area contributed by atoms with Crippen LogP contribution in [0.4, 0.5) is 17.1 Å². The van der Waals surface area contributed by atoms with Crippen LogP contribution >= 0.6 is 23.5 Å². The largest absolute Gasteiger partial charge is 0.456 e. The molecule has 0 bridgehead atoms. The average Bonchev–Trinajstić information content (AvgIpc) is 4.00. The Morgan fingerprint density at radius 2 is 0.712 bits per heavy atom. The maximum absolute atomic E-state index is 6.65. The summed E-state index contributed by atoms with van der Waals surface area (Å²) in [6, 6.07) is 84.0. The van der Waals surface area contributed by atoms with Gasteiger partial charge < -0.3 is 9.32 Å². The Bertz CT molecular complexity index is 3590. The van der Waals surface area contributed by atoms with E-state index in [1.807, 2.05) is 23.5 Å². The van der Waals surface area contributed by atoms with Crippen LogP contribution in [0, 0.1) is 0 Å². The van der Waals surface area contributed by atoms with Gasteiger partial charge in [0.25, 0.3) is 0 Å². The molecular formula is C62H37NOS2. The van der Waals surface area contributed by atoms with Crippen LogP contribution in [-0.4, -0.2) is 0 Å². The van der Waals surface area contributed by atoms with E-state index < -0.39 is 10.8 Å². The Kier molecular flexibility index (Phi) is 7.54. The van der Waals surface area contributed by atoms with E-state index in [0.717, 1.165) is 39.0 Å². The number of hydrogen-bond donors (Lipinski definition) is 0. The Balaban J connectivity index is 1.05. The molecule has 2 nitrogen and oxygen atoms in total. The smallest absolute Gasteiger partial charge is 0.137 e. The molecule has 10 aromatic carbocycles. The molecule has 0 unspecified atom stereocenters. The summed E-state index contributed by atoms with van der Waals surface area (Å²) in [5, 5.41) is 2.20. The molecule has 1 aromatic heterocycles. The topological polar surface area (TPSA) is 16.4 Å². The molecule has 11 aromatic rings. The van der Waals surface area contributed by atoms with Gasteiger partial charge in [-0.25, -0.2) is 0 Å². The first-order valence-corrected chi connectivity index (χ1v) is 24.3. The van der Waals surface area contributed by atoms with Gasteiger partial charge in [-0.15, -0.1) is 0 Å². The van der Waals surface area contributed by atoms with Gasteiger partial charge in [0.1, 0.15) is 11.2 Å². The number of rotatable bonds is 3. The molecule has 15 rings (SSSR count). The number of fused-ring (bicyclic) bond motifs is 21. The van der Waals surface area contributed by atoms with Crippen LogP contribution < -0.4 is 4.90 Å². The lowest BCUT2D eigenvalue weighted by atomic mass is 9.67. The number of hydrogen-bond acceptors (Lipinski definition) is 4. The third-order valence-electron chi connectivity index (χ3n) is 14.8. The van der Waals surface area contributed by atoms with Crippen molar-refractivity contribution in [1.29, 1.82) is 0 Å². The van der Waals surface area contributed by atoms with E-state index >= 15 is 0 Å². The first-order chi connectivity index (χ1) is 32.7. The molecule has 308 valence electrons. The number of anilines is 3. The summed E-state index contributed by atoms with van der Waals surface area (Å²) >= 11 is 3.77. The van der Waals surface area contributed by atoms with Crippen LogP contribution in [0.1, 0.15) is 44.5 Å². The molecule has 2 aliphatic carbocycles. The van der Waals surface area contributed by atoms with Crippen molar-refractivity contribution in [3.8, 4) is 22.3 Å². The quantitative estimate of drug-likeness (QED) is 0.176. The molecule has 0 N–H and O–H groups in total. The Labute approximate surface area is 391 Å². The van der Waals surface area contributed by atoms with Gasteiger partial charge in [-0.2, -0.15) is 0 Å². The molecule has 66 heavy (non-hydrogen) atoms. The van der Waals surface area contributed by atoms with Crippen LogP contribution in [0.3, 0.4) is 0 Å². The number of para-hydroxylation sites is 1. The molecule has 2 aliphatic heterocycles. The molecule has 2 spiro atoms. The highest BCUT2D eigenvalue weighted by Gasteiger charge is 2.52. The van der Waals surface area contributed by atoms with Gasteiger partial charge >= 0.3 is 0 Å². The summed E-state index contributed by atoms with van der Waals surface area (Å²) in [5.74, 6) is 0. The Morgan fingerprint density at radius 1 is 0.318 bits per heavy atom. The SMILES string of the molecule is c1ccc2c(c1)Sc1ccccc1C21c2ccccc2-c2ccc(N(c3ccc4c(c3)C3(c5ccccc5Sc5ccccc53)c3ccccc3-4)c3cccc4oc5ccccc5c34)cc21. The van der Waals surface area contributed by atoms with Crippen LogP contribution in [0.5, 0.6) is 0 Å². The molecule has 0 saturated carbocycles. The summed E-state index contributed by atoms with van der Waals surface area (Å²) in [7, 11) is 0. The standard InChI is InChI=1S/C62H37NOS2/c1-4-19-45-40(16-1)42-34-32-38(36-51(42)61(45)47-21-6-11-28-56(47)65-57-29-12-7-22-48(57)61)63(53-25-15-27-55-60(53)44-18-3-10-26-54(44)64-55)39-33-35-43-41-17-2-5-20-46(41)62(52(43)37-39)49-23-8-13-30-58(49)66-59-31-14-9-24-50(59)62/h1-37H. The molecule has 0 atom stereocenters. The second kappa shape index (κ2) is 13.5. The van der Waals surface area contributed by atoms with Crippen molar-refractivity contribution in [2.45, 2.75) is 30.4 Å². The lowest BCUT2D eigenvalue weighted by molar-refractivity contribution is 0.669. The van der Waals surface area contributed by atoms with E-state index in [0.29, 0.717) is 0 Å². The summed E-state index contributed by atoms with van der Waals surface area (Å²) in [4.78, 5) is 7.70. The van der Waals surface area contributed by atoms with Crippen LogP contribution in [0.2, 0.25) is 0 Å². The predicted molar refractivity (Wildman–Crippen MR) is 271 cm³/mol. The van der Waals surface area contributed by atoms with Gasteiger partial charge in [0.2, 0.25) is 0 Å². The molecule has 0 radical (unpaired) electrons. The normalized spacial score (nSPS) is 14.8. The van der Waals surface area contributed by atoms with Crippen molar-refractivity contribution in [3.05, 3.63) is 269 Å². The molecule has 0 fully saturated rings. The van der Waals surface area contributed by atoms with Gasteiger partial charge in [-0.3, -0.25) is 0 Å². The first-order valence-electron chi connectivity index (χ1n) is 22.7. The third-order valence-corrected chi connectivity index (χ3v) is 17.1. The maximum Gasteiger partial charge on any atom is 0.137 e. The van der Waals surface area contributed by atoms with Gasteiger partial charge in [-0.05, 0) is 133 Å². The Hall–Kier alpha value is -7.50. The fourth-order valence-corrected chi connectivity index (χ4v) is 14.7. The molecule has 0 saturated heterocycles. The van der Waals surface area contributed by atoms with Gasteiger partial charge in [0, 0.05) is 36.3 Å². The van der Waals surface area contributed by atoms with Gasteiger partial charge in [0.05, 0.1) is 21.9 Å². The zero-order chi connectivity index (χ0) is 43.1. The summed E-state index contributed by atoms with van der Waals surface area (Å²) < 4.78 is 6.65. The minimum atomic E-state index is -0.517. The van der Waals surface area contributed by atoms with Crippen LogP contribution in [0.15, 0.2) is 248 Å². The second-order valence-electron chi connectivity index (χ2n) is 17.8. The highest BCUT2D eigenvalue weighted by atomic mass is 32.2. The third kappa shape index (κ3) is 4.65. The maximum atomic E-state index is 6.65. The van der Waals surface area contributed by atoms with E-state index in [4.69, 9.17) is 4.42 Å². The molecule has 4 heteroatoms. The van der Waals surface area contributed by atoms with Gasteiger partial charge in [-0.1, -0.05) is 181 Å². The summed E-state index contributed by atoms with van der Waals surface area (Å²) in [6.45, 7) is 0. The van der Waals surface area contributed by atoms with E-state index in [2.05, 4.69) is 229 Å². The average molecular weight is 876 g/mol. The van der Waals surface area contributed by atoms with Gasteiger partial charge in [0.15, 0.2) is 0 Å². The van der Waals surface area contributed by atoms with Crippen molar-refractivity contribution in [1.82, 2.24) is 0 Å². The molecule has 3 heterocycles. The molecule has 4 aliphatic rings. The fourth-order valence-electron chi connectivity index (χ4n) is 12.3. The molecule has 0 amide bonds. The van der Waals surface area contributed by atoms with Crippen molar-refractivity contribution in [2.24, 2.45) is 0 Å². The summed E-state index contributed by atoms with van der Waals surface area (Å²) in [6.07, 6.45) is 0. The number of benzene rings is 10. The zero-order valence-electron chi connectivity index (χ0n) is 35.5. The van der Waals surface area contributed by atoms with Crippen molar-refractivity contribution >= 4 is 62.5 Å². The van der Waals surface area contributed by atoms with Crippen molar-refractivity contribution in [3.63, 3.8) is 0 Å². The van der Waals surface area contributed by atoms with Crippen molar-refractivity contribution < 1.29 is 4.42 Å². The highest BCUT2D eigenvalue weighted by molar-refractivity contribution is 7.99. The van der Waals surface area contributed by atoms with E-state index in [1.165, 1.54) is 86.3 Å². The zero-order valence-corrected chi connectivity index (χ0v) is 37.2. The summed E-state index contributed by atoms with van der Waals surface area (Å²) in [5.41, 5.74) is 19.7. The predicted octanol–water partition coefficient (Wildman–Crippen LogP) is 16.7. The van der Waals surface area contributed by atoms with E-state index in [9.17, 15) is 0 Å². The van der Waals surface area contributed by atoms with E-state index in [1.54, 1.807) is 0 Å². The first kappa shape index (κ1) is 36.8. The minimum Gasteiger partial charge on any atom is -0.456 e. The minimum absolute atomic E-state index is 0.517.